The Hall–Kier alpha value is -2.17. The van der Waals surface area contributed by atoms with Crippen molar-refractivity contribution in [3.8, 4) is 11.3 Å². The summed E-state index contributed by atoms with van der Waals surface area (Å²) >= 11 is 5.94. The average molecular weight is 340 g/mol. The van der Waals surface area contributed by atoms with Gasteiger partial charge in [0.25, 0.3) is 0 Å². The van der Waals surface area contributed by atoms with Crippen molar-refractivity contribution < 1.29 is 4.42 Å². The van der Waals surface area contributed by atoms with Crippen molar-refractivity contribution in [3.63, 3.8) is 0 Å². The number of rotatable bonds is 3. The zero-order chi connectivity index (χ0) is 16.5. The quantitative estimate of drug-likeness (QED) is 0.715. The Morgan fingerprint density at radius 1 is 1.17 bits per heavy atom. The third-order valence-electron chi connectivity index (χ3n) is 4.30. The average Bonchev–Trinajstić information content (AvgIpc) is 3.04. The third kappa shape index (κ3) is 3.21. The molecule has 2 aromatic heterocycles. The van der Waals surface area contributed by atoms with E-state index in [0.29, 0.717) is 0 Å². The van der Waals surface area contributed by atoms with Crippen LogP contribution in [0.25, 0.3) is 11.3 Å². The maximum absolute atomic E-state index is 6.00. The van der Waals surface area contributed by atoms with Gasteiger partial charge in [-0.05, 0) is 43.3 Å². The Labute approximate surface area is 146 Å². The normalized spacial score (nSPS) is 14.6. The van der Waals surface area contributed by atoms with Gasteiger partial charge in [-0.2, -0.15) is 0 Å². The molecule has 3 aromatic rings. The number of benzene rings is 1. The number of hydrogen-bond acceptors (Lipinski definition) is 4. The van der Waals surface area contributed by atoms with Crippen molar-refractivity contribution in [3.05, 3.63) is 70.5 Å². The first-order valence-electron chi connectivity index (χ1n) is 8.06. The van der Waals surface area contributed by atoms with Crippen LogP contribution in [0.1, 0.15) is 22.8 Å². The van der Waals surface area contributed by atoms with Gasteiger partial charge in [-0.25, -0.2) is 9.97 Å². The van der Waals surface area contributed by atoms with Gasteiger partial charge in [0, 0.05) is 47.6 Å². The smallest absolute Gasteiger partial charge is 0.134 e. The topological polar surface area (TPSA) is 42.2 Å². The van der Waals surface area contributed by atoms with Crippen LogP contribution in [0.3, 0.4) is 0 Å². The number of aromatic nitrogens is 2. The van der Waals surface area contributed by atoms with E-state index < -0.39 is 0 Å². The molecule has 1 aliphatic heterocycles. The van der Waals surface area contributed by atoms with Gasteiger partial charge in [-0.1, -0.05) is 11.6 Å². The molecule has 0 fully saturated rings. The van der Waals surface area contributed by atoms with Crippen molar-refractivity contribution >= 4 is 11.6 Å². The lowest BCUT2D eigenvalue weighted by Crippen LogP contribution is -2.30. The molecule has 122 valence electrons. The van der Waals surface area contributed by atoms with Crippen molar-refractivity contribution in [1.82, 2.24) is 14.9 Å². The highest BCUT2D eigenvalue weighted by Crippen LogP contribution is 2.25. The van der Waals surface area contributed by atoms with Gasteiger partial charge >= 0.3 is 0 Å². The first-order chi connectivity index (χ1) is 11.7. The van der Waals surface area contributed by atoms with Crippen LogP contribution in [0.2, 0.25) is 5.02 Å². The van der Waals surface area contributed by atoms with E-state index in [2.05, 4.69) is 14.9 Å². The number of nitrogens with zero attached hydrogens (tertiary/aromatic N) is 3. The van der Waals surface area contributed by atoms with Crippen molar-refractivity contribution in [1.29, 1.82) is 0 Å². The van der Waals surface area contributed by atoms with Gasteiger partial charge in [0.1, 0.15) is 17.3 Å². The second-order valence-electron chi connectivity index (χ2n) is 6.12. The largest absolute Gasteiger partial charge is 0.460 e. The van der Waals surface area contributed by atoms with Crippen LogP contribution < -0.4 is 0 Å². The van der Waals surface area contributed by atoms with Crippen molar-refractivity contribution in [2.75, 3.05) is 6.54 Å². The predicted octanol–water partition coefficient (Wildman–Crippen LogP) is 4.26. The van der Waals surface area contributed by atoms with Crippen LogP contribution in [-0.4, -0.2) is 21.4 Å². The van der Waals surface area contributed by atoms with Crippen molar-refractivity contribution in [2.45, 2.75) is 26.4 Å². The minimum Gasteiger partial charge on any atom is -0.460 e. The molecule has 1 aliphatic rings. The highest BCUT2D eigenvalue weighted by atomic mass is 35.5. The van der Waals surface area contributed by atoms with Gasteiger partial charge in [0.05, 0.1) is 6.54 Å². The van der Waals surface area contributed by atoms with E-state index in [0.717, 1.165) is 54.0 Å². The number of furan rings is 1. The van der Waals surface area contributed by atoms with E-state index in [1.165, 1.54) is 11.3 Å². The first-order valence-corrected chi connectivity index (χ1v) is 8.43. The molecule has 0 amide bonds. The Balaban J connectivity index is 1.47. The monoisotopic (exact) mass is 339 g/mol. The van der Waals surface area contributed by atoms with E-state index in [-0.39, 0.29) is 0 Å². The second-order valence-corrected chi connectivity index (χ2v) is 6.56. The molecule has 4 rings (SSSR count). The van der Waals surface area contributed by atoms with Gasteiger partial charge in [-0.15, -0.1) is 0 Å². The fourth-order valence-corrected chi connectivity index (χ4v) is 3.19. The third-order valence-corrected chi connectivity index (χ3v) is 4.56. The minimum absolute atomic E-state index is 0.731. The summed E-state index contributed by atoms with van der Waals surface area (Å²) in [5, 5.41) is 0.731. The SMILES string of the molecule is Cc1ncc2c(n1)CCN(Cc1ccc(-c3ccc(Cl)cc3)o1)C2. The lowest BCUT2D eigenvalue weighted by molar-refractivity contribution is 0.224. The molecule has 0 spiro atoms. The molecule has 0 saturated heterocycles. The Morgan fingerprint density at radius 3 is 2.83 bits per heavy atom. The molecule has 0 unspecified atom stereocenters. The Kier molecular flexibility index (Phi) is 4.08. The van der Waals surface area contributed by atoms with Gasteiger partial charge in [0.15, 0.2) is 0 Å². The number of aryl methyl sites for hydroxylation is 1. The van der Waals surface area contributed by atoms with Crippen molar-refractivity contribution in [2.24, 2.45) is 0 Å². The maximum atomic E-state index is 6.00. The molecule has 0 bridgehead atoms. The Morgan fingerprint density at radius 2 is 2.00 bits per heavy atom. The summed E-state index contributed by atoms with van der Waals surface area (Å²) < 4.78 is 6.00. The van der Waals surface area contributed by atoms with Crippen LogP contribution in [0.5, 0.6) is 0 Å². The summed E-state index contributed by atoms with van der Waals surface area (Å²) in [4.78, 5) is 11.2. The fraction of sp³-hybridized carbons (Fsp3) is 0.263. The zero-order valence-electron chi connectivity index (χ0n) is 13.5. The maximum Gasteiger partial charge on any atom is 0.134 e. The predicted molar refractivity (Wildman–Crippen MR) is 93.7 cm³/mol. The number of fused-ring (bicyclic) bond motifs is 1. The van der Waals surface area contributed by atoms with Crippen LogP contribution in [0, 0.1) is 6.92 Å². The summed E-state index contributed by atoms with van der Waals surface area (Å²) in [6.07, 6.45) is 2.91. The highest BCUT2D eigenvalue weighted by Gasteiger charge is 2.19. The molecular weight excluding hydrogens is 322 g/mol. The molecule has 3 heterocycles. The summed E-state index contributed by atoms with van der Waals surface area (Å²) in [7, 11) is 0. The molecule has 0 N–H and O–H groups in total. The molecule has 0 radical (unpaired) electrons. The second kappa shape index (κ2) is 6.38. The molecule has 0 aliphatic carbocycles. The summed E-state index contributed by atoms with van der Waals surface area (Å²) in [5.74, 6) is 2.69. The van der Waals surface area contributed by atoms with E-state index in [9.17, 15) is 0 Å². The molecular formula is C19H18ClN3O. The Bertz CT molecular complexity index is 857. The van der Waals surface area contributed by atoms with Crippen LogP contribution in [0.15, 0.2) is 47.0 Å². The van der Waals surface area contributed by atoms with Crippen LogP contribution >= 0.6 is 11.6 Å². The zero-order valence-corrected chi connectivity index (χ0v) is 14.3. The lowest BCUT2D eigenvalue weighted by Gasteiger charge is -2.27. The fourth-order valence-electron chi connectivity index (χ4n) is 3.06. The molecule has 0 saturated carbocycles. The highest BCUT2D eigenvalue weighted by molar-refractivity contribution is 6.30. The minimum atomic E-state index is 0.731. The number of hydrogen-bond donors (Lipinski definition) is 0. The number of halogens is 1. The van der Waals surface area contributed by atoms with E-state index in [1.807, 2.05) is 49.5 Å². The molecule has 4 nitrogen and oxygen atoms in total. The summed E-state index contributed by atoms with van der Waals surface area (Å²) in [6.45, 7) is 4.59. The van der Waals surface area contributed by atoms with E-state index in [4.69, 9.17) is 16.0 Å². The standard InChI is InChI=1S/C19H18ClN3O/c1-13-21-10-15-11-23(9-8-18(15)22-13)12-17-6-7-19(24-17)14-2-4-16(20)5-3-14/h2-7,10H,8-9,11-12H2,1H3. The molecule has 24 heavy (non-hydrogen) atoms. The lowest BCUT2D eigenvalue weighted by atomic mass is 10.1. The molecule has 5 heteroatoms. The molecule has 1 aromatic carbocycles. The van der Waals surface area contributed by atoms with E-state index >= 15 is 0 Å². The summed E-state index contributed by atoms with van der Waals surface area (Å²) in [5.41, 5.74) is 3.44. The summed E-state index contributed by atoms with van der Waals surface area (Å²) in [6, 6.07) is 11.8. The van der Waals surface area contributed by atoms with Gasteiger partial charge in [0.2, 0.25) is 0 Å². The van der Waals surface area contributed by atoms with Crippen LogP contribution in [0.4, 0.5) is 0 Å². The van der Waals surface area contributed by atoms with Gasteiger partial charge < -0.3 is 4.42 Å². The first kappa shape index (κ1) is 15.4. The van der Waals surface area contributed by atoms with Crippen LogP contribution in [-0.2, 0) is 19.5 Å². The van der Waals surface area contributed by atoms with Gasteiger partial charge in [-0.3, -0.25) is 4.90 Å². The van der Waals surface area contributed by atoms with E-state index in [1.54, 1.807) is 0 Å². The molecule has 0 atom stereocenters.